The van der Waals surface area contributed by atoms with Gasteiger partial charge in [-0.1, -0.05) is 13.8 Å². The summed E-state index contributed by atoms with van der Waals surface area (Å²) in [6, 6.07) is 2.08. The molecule has 0 saturated heterocycles. The van der Waals surface area contributed by atoms with Crippen molar-refractivity contribution in [3.8, 4) is 0 Å². The molecule has 4 heteroatoms. The molecule has 0 fully saturated rings. The van der Waals surface area contributed by atoms with Crippen LogP contribution >= 0.6 is 27.3 Å². The summed E-state index contributed by atoms with van der Waals surface area (Å²) in [5.74, 6) is 0.529. The van der Waals surface area contributed by atoms with Crippen LogP contribution in [0.1, 0.15) is 25.6 Å². The van der Waals surface area contributed by atoms with Gasteiger partial charge in [-0.05, 0) is 40.2 Å². The molecule has 86 valence electrons. The lowest BCUT2D eigenvalue weighted by molar-refractivity contribution is 0.268. The van der Waals surface area contributed by atoms with Gasteiger partial charge in [0.2, 0.25) is 0 Å². The van der Waals surface area contributed by atoms with Crippen molar-refractivity contribution in [2.45, 2.75) is 32.9 Å². The number of nitrogens with one attached hydrogen (secondary N) is 1. The van der Waals surface area contributed by atoms with Gasteiger partial charge in [0, 0.05) is 28.0 Å². The van der Waals surface area contributed by atoms with E-state index < -0.39 is 0 Å². The number of halogens is 1. The molecule has 1 atom stereocenters. The molecule has 0 aromatic carbocycles. The van der Waals surface area contributed by atoms with Crippen molar-refractivity contribution in [1.29, 1.82) is 0 Å². The standard InChI is InChI=1S/C11H19BrN2S/c1-8(2)11(3,7-13)14-6-10-9(12)4-5-15-10/h4-5,8,14H,6-7,13H2,1-3H3. The van der Waals surface area contributed by atoms with Crippen molar-refractivity contribution >= 4 is 27.3 Å². The lowest BCUT2D eigenvalue weighted by Crippen LogP contribution is -2.52. The highest BCUT2D eigenvalue weighted by atomic mass is 79.9. The van der Waals surface area contributed by atoms with Crippen LogP contribution in [-0.2, 0) is 6.54 Å². The second kappa shape index (κ2) is 5.43. The zero-order chi connectivity index (χ0) is 11.5. The molecule has 1 heterocycles. The van der Waals surface area contributed by atoms with Crippen LogP contribution in [0.4, 0.5) is 0 Å². The third kappa shape index (κ3) is 3.28. The van der Waals surface area contributed by atoms with E-state index in [4.69, 9.17) is 5.73 Å². The minimum absolute atomic E-state index is 0.0173. The van der Waals surface area contributed by atoms with Crippen molar-refractivity contribution in [1.82, 2.24) is 5.32 Å². The molecular formula is C11H19BrN2S. The fourth-order valence-electron chi connectivity index (χ4n) is 1.25. The third-order valence-corrected chi connectivity index (χ3v) is 4.97. The number of hydrogen-bond donors (Lipinski definition) is 2. The molecule has 0 aliphatic heterocycles. The topological polar surface area (TPSA) is 38.0 Å². The van der Waals surface area contributed by atoms with Crippen LogP contribution in [0, 0.1) is 5.92 Å². The second-order valence-corrected chi connectivity index (χ2v) is 6.18. The quantitative estimate of drug-likeness (QED) is 0.875. The fourth-order valence-corrected chi connectivity index (χ4v) is 2.68. The third-order valence-electron chi connectivity index (χ3n) is 3.04. The Bertz CT molecular complexity index is 311. The van der Waals surface area contributed by atoms with Gasteiger partial charge in [0.25, 0.3) is 0 Å². The van der Waals surface area contributed by atoms with Crippen LogP contribution in [0.25, 0.3) is 0 Å². The zero-order valence-corrected chi connectivity index (χ0v) is 11.9. The second-order valence-electron chi connectivity index (χ2n) is 4.32. The minimum Gasteiger partial charge on any atom is -0.329 e. The average molecular weight is 291 g/mol. The molecule has 2 nitrogen and oxygen atoms in total. The molecule has 0 saturated carbocycles. The van der Waals surface area contributed by atoms with E-state index in [1.807, 2.05) is 0 Å². The van der Waals surface area contributed by atoms with Crippen molar-refractivity contribution < 1.29 is 0 Å². The molecule has 1 unspecified atom stereocenters. The maximum Gasteiger partial charge on any atom is 0.0327 e. The predicted molar refractivity (Wildman–Crippen MR) is 71.2 cm³/mol. The summed E-state index contributed by atoms with van der Waals surface area (Å²) in [7, 11) is 0. The summed E-state index contributed by atoms with van der Waals surface area (Å²) in [5, 5.41) is 5.64. The van der Waals surface area contributed by atoms with Gasteiger partial charge < -0.3 is 11.1 Å². The van der Waals surface area contributed by atoms with E-state index in [9.17, 15) is 0 Å². The van der Waals surface area contributed by atoms with E-state index in [-0.39, 0.29) is 5.54 Å². The molecular weight excluding hydrogens is 272 g/mol. The highest BCUT2D eigenvalue weighted by Crippen LogP contribution is 2.24. The van der Waals surface area contributed by atoms with Gasteiger partial charge in [-0.3, -0.25) is 0 Å². The molecule has 0 amide bonds. The van der Waals surface area contributed by atoms with Gasteiger partial charge >= 0.3 is 0 Å². The monoisotopic (exact) mass is 290 g/mol. The molecule has 15 heavy (non-hydrogen) atoms. The number of thiophene rings is 1. The van der Waals surface area contributed by atoms with Gasteiger partial charge in [0.05, 0.1) is 0 Å². The molecule has 0 bridgehead atoms. The Labute approximate surface area is 104 Å². The SMILES string of the molecule is CC(C)C(C)(CN)NCc1sccc1Br. The predicted octanol–water partition coefficient (Wildman–Crippen LogP) is 2.97. The van der Waals surface area contributed by atoms with Crippen LogP contribution in [-0.4, -0.2) is 12.1 Å². The molecule has 0 radical (unpaired) electrons. The zero-order valence-electron chi connectivity index (χ0n) is 9.51. The molecule has 1 aromatic heterocycles. The summed E-state index contributed by atoms with van der Waals surface area (Å²) >= 11 is 5.29. The Morgan fingerprint density at radius 3 is 2.67 bits per heavy atom. The van der Waals surface area contributed by atoms with E-state index in [2.05, 4.69) is 53.5 Å². The van der Waals surface area contributed by atoms with Crippen molar-refractivity contribution in [2.75, 3.05) is 6.54 Å². The molecule has 0 spiro atoms. The van der Waals surface area contributed by atoms with Gasteiger partial charge in [-0.25, -0.2) is 0 Å². The lowest BCUT2D eigenvalue weighted by atomic mass is 9.88. The maximum atomic E-state index is 5.81. The smallest absolute Gasteiger partial charge is 0.0327 e. The maximum absolute atomic E-state index is 5.81. The van der Waals surface area contributed by atoms with Crippen LogP contribution in [0.3, 0.4) is 0 Å². The Hall–Kier alpha value is 0.100. The molecule has 1 aromatic rings. The number of rotatable bonds is 5. The first-order chi connectivity index (χ1) is 6.99. The van der Waals surface area contributed by atoms with Crippen LogP contribution < -0.4 is 11.1 Å². The number of hydrogen-bond acceptors (Lipinski definition) is 3. The van der Waals surface area contributed by atoms with E-state index in [0.29, 0.717) is 12.5 Å². The van der Waals surface area contributed by atoms with Gasteiger partial charge in [-0.2, -0.15) is 0 Å². The molecule has 1 rings (SSSR count). The Balaban J connectivity index is 2.59. The highest BCUT2D eigenvalue weighted by Gasteiger charge is 2.25. The van der Waals surface area contributed by atoms with Gasteiger partial charge in [0.1, 0.15) is 0 Å². The van der Waals surface area contributed by atoms with E-state index in [1.54, 1.807) is 11.3 Å². The van der Waals surface area contributed by atoms with E-state index in [0.717, 1.165) is 6.54 Å². The first kappa shape index (κ1) is 13.2. The lowest BCUT2D eigenvalue weighted by Gasteiger charge is -2.33. The van der Waals surface area contributed by atoms with Crippen LogP contribution in [0.5, 0.6) is 0 Å². The summed E-state index contributed by atoms with van der Waals surface area (Å²) < 4.78 is 1.18. The van der Waals surface area contributed by atoms with Crippen molar-refractivity contribution in [3.05, 3.63) is 20.8 Å². The van der Waals surface area contributed by atoms with Crippen molar-refractivity contribution in [3.63, 3.8) is 0 Å². The Kier molecular flexibility index (Phi) is 4.77. The summed E-state index contributed by atoms with van der Waals surface area (Å²) in [6.45, 7) is 8.11. The van der Waals surface area contributed by atoms with Gasteiger partial charge in [-0.15, -0.1) is 11.3 Å². The summed E-state index contributed by atoms with van der Waals surface area (Å²) in [6.07, 6.45) is 0. The number of nitrogens with two attached hydrogens (primary N) is 1. The Morgan fingerprint density at radius 2 is 2.27 bits per heavy atom. The largest absolute Gasteiger partial charge is 0.329 e. The summed E-state index contributed by atoms with van der Waals surface area (Å²) in [5.41, 5.74) is 5.83. The first-order valence-electron chi connectivity index (χ1n) is 5.16. The summed E-state index contributed by atoms with van der Waals surface area (Å²) in [4.78, 5) is 1.33. The minimum atomic E-state index is 0.0173. The Morgan fingerprint density at radius 1 is 1.60 bits per heavy atom. The average Bonchev–Trinajstić information content (AvgIpc) is 2.60. The van der Waals surface area contributed by atoms with Gasteiger partial charge in [0.15, 0.2) is 0 Å². The molecule has 0 aliphatic rings. The fraction of sp³-hybridized carbons (Fsp3) is 0.636. The van der Waals surface area contributed by atoms with Crippen LogP contribution in [0.2, 0.25) is 0 Å². The normalized spacial score (nSPS) is 15.6. The molecule has 0 aliphatic carbocycles. The van der Waals surface area contributed by atoms with E-state index >= 15 is 0 Å². The van der Waals surface area contributed by atoms with Crippen molar-refractivity contribution in [2.24, 2.45) is 11.7 Å². The first-order valence-corrected chi connectivity index (χ1v) is 6.84. The van der Waals surface area contributed by atoms with E-state index in [1.165, 1.54) is 9.35 Å². The van der Waals surface area contributed by atoms with Crippen LogP contribution in [0.15, 0.2) is 15.9 Å². The molecule has 3 N–H and O–H groups in total. The highest BCUT2D eigenvalue weighted by molar-refractivity contribution is 9.10.